The first-order valence-electron chi connectivity index (χ1n) is 6.45. The fraction of sp³-hybridized carbons (Fsp3) is 0.500. The van der Waals surface area contributed by atoms with Crippen LogP contribution in [-0.4, -0.2) is 37.1 Å². The van der Waals surface area contributed by atoms with Gasteiger partial charge >= 0.3 is 0 Å². The van der Waals surface area contributed by atoms with Gasteiger partial charge in [0.25, 0.3) is 0 Å². The van der Waals surface area contributed by atoms with E-state index in [2.05, 4.69) is 34.4 Å². The molecular weight excluding hydrogens is 226 g/mol. The second-order valence-corrected chi connectivity index (χ2v) is 4.70. The van der Waals surface area contributed by atoms with E-state index in [1.54, 1.807) is 0 Å². The second-order valence-electron chi connectivity index (χ2n) is 4.70. The molecule has 0 saturated heterocycles. The molecule has 2 aromatic rings. The van der Waals surface area contributed by atoms with Crippen molar-refractivity contribution in [2.45, 2.75) is 19.4 Å². The standard InChI is InChI=1S/C14H21N3O/c1-15-7-3-4-8-17(2)10-12-5-6-13-14(9-12)18-11-16-13/h5-6,9,11,15H,3-4,7-8,10H2,1-2H3. The highest BCUT2D eigenvalue weighted by Crippen LogP contribution is 2.15. The molecule has 2 rings (SSSR count). The minimum atomic E-state index is 0.871. The largest absolute Gasteiger partial charge is 0.443 e. The summed E-state index contributed by atoms with van der Waals surface area (Å²) < 4.78 is 5.32. The summed E-state index contributed by atoms with van der Waals surface area (Å²) in [6.07, 6.45) is 3.94. The van der Waals surface area contributed by atoms with Crippen molar-refractivity contribution in [1.82, 2.24) is 15.2 Å². The summed E-state index contributed by atoms with van der Waals surface area (Å²) in [7, 11) is 4.15. The molecule has 4 nitrogen and oxygen atoms in total. The average molecular weight is 247 g/mol. The summed E-state index contributed by atoms with van der Waals surface area (Å²) in [5.74, 6) is 0. The number of rotatable bonds is 7. The number of hydrogen-bond acceptors (Lipinski definition) is 4. The first kappa shape index (κ1) is 13.1. The number of benzene rings is 1. The maximum atomic E-state index is 5.32. The fourth-order valence-corrected chi connectivity index (χ4v) is 2.07. The van der Waals surface area contributed by atoms with E-state index in [4.69, 9.17) is 4.42 Å². The van der Waals surface area contributed by atoms with Gasteiger partial charge in [-0.15, -0.1) is 0 Å². The molecule has 0 fully saturated rings. The first-order chi connectivity index (χ1) is 8.79. The number of fused-ring (bicyclic) bond motifs is 1. The molecule has 1 aromatic carbocycles. The Morgan fingerprint density at radius 3 is 3.06 bits per heavy atom. The van der Waals surface area contributed by atoms with Crippen LogP contribution in [0.5, 0.6) is 0 Å². The van der Waals surface area contributed by atoms with Gasteiger partial charge in [-0.05, 0) is 57.7 Å². The topological polar surface area (TPSA) is 41.3 Å². The molecule has 1 heterocycles. The van der Waals surface area contributed by atoms with Crippen molar-refractivity contribution >= 4 is 11.1 Å². The Hall–Kier alpha value is -1.39. The molecule has 0 atom stereocenters. The molecule has 0 aliphatic carbocycles. The summed E-state index contributed by atoms with van der Waals surface area (Å²) in [5, 5.41) is 3.17. The Morgan fingerprint density at radius 2 is 2.22 bits per heavy atom. The van der Waals surface area contributed by atoms with Crippen molar-refractivity contribution in [3.05, 3.63) is 30.2 Å². The van der Waals surface area contributed by atoms with Crippen molar-refractivity contribution in [2.24, 2.45) is 0 Å². The molecule has 18 heavy (non-hydrogen) atoms. The van der Waals surface area contributed by atoms with Gasteiger partial charge in [0.2, 0.25) is 0 Å². The van der Waals surface area contributed by atoms with Crippen LogP contribution in [0.4, 0.5) is 0 Å². The number of aromatic nitrogens is 1. The molecule has 0 amide bonds. The predicted molar refractivity (Wildman–Crippen MR) is 73.5 cm³/mol. The van der Waals surface area contributed by atoms with E-state index in [1.807, 2.05) is 13.1 Å². The van der Waals surface area contributed by atoms with Crippen molar-refractivity contribution in [2.75, 3.05) is 27.2 Å². The Bertz CT molecular complexity index is 481. The molecule has 0 saturated carbocycles. The highest BCUT2D eigenvalue weighted by atomic mass is 16.3. The van der Waals surface area contributed by atoms with Crippen LogP contribution in [0.3, 0.4) is 0 Å². The van der Waals surface area contributed by atoms with Crippen LogP contribution in [0.2, 0.25) is 0 Å². The lowest BCUT2D eigenvalue weighted by atomic mass is 10.2. The Kier molecular flexibility index (Phi) is 4.73. The third kappa shape index (κ3) is 3.55. The summed E-state index contributed by atoms with van der Waals surface area (Å²) >= 11 is 0. The zero-order valence-electron chi connectivity index (χ0n) is 11.1. The number of hydrogen-bond donors (Lipinski definition) is 1. The second kappa shape index (κ2) is 6.52. The number of unbranched alkanes of at least 4 members (excludes halogenated alkanes) is 1. The lowest BCUT2D eigenvalue weighted by molar-refractivity contribution is 0.318. The zero-order valence-corrected chi connectivity index (χ0v) is 11.1. The normalized spacial score (nSPS) is 11.5. The Labute approximate surface area is 108 Å². The maximum absolute atomic E-state index is 5.32. The molecule has 0 aliphatic heterocycles. The van der Waals surface area contributed by atoms with E-state index >= 15 is 0 Å². The summed E-state index contributed by atoms with van der Waals surface area (Å²) in [6.45, 7) is 3.17. The summed E-state index contributed by atoms with van der Waals surface area (Å²) in [4.78, 5) is 6.46. The third-order valence-corrected chi connectivity index (χ3v) is 3.06. The lowest BCUT2D eigenvalue weighted by Crippen LogP contribution is -2.20. The highest BCUT2D eigenvalue weighted by molar-refractivity contribution is 5.72. The van der Waals surface area contributed by atoms with E-state index in [9.17, 15) is 0 Å². The van der Waals surface area contributed by atoms with Crippen LogP contribution in [-0.2, 0) is 6.54 Å². The van der Waals surface area contributed by atoms with Crippen LogP contribution in [0, 0.1) is 0 Å². The smallest absolute Gasteiger partial charge is 0.181 e. The minimum Gasteiger partial charge on any atom is -0.443 e. The molecular formula is C14H21N3O. The fourth-order valence-electron chi connectivity index (χ4n) is 2.07. The van der Waals surface area contributed by atoms with Gasteiger partial charge in [-0.3, -0.25) is 0 Å². The Morgan fingerprint density at radius 1 is 1.33 bits per heavy atom. The van der Waals surface area contributed by atoms with Crippen molar-refractivity contribution in [1.29, 1.82) is 0 Å². The van der Waals surface area contributed by atoms with E-state index in [0.29, 0.717) is 0 Å². The lowest BCUT2D eigenvalue weighted by Gasteiger charge is -2.16. The third-order valence-electron chi connectivity index (χ3n) is 3.06. The molecule has 1 aromatic heterocycles. The first-order valence-corrected chi connectivity index (χ1v) is 6.45. The van der Waals surface area contributed by atoms with Crippen LogP contribution >= 0.6 is 0 Å². The molecule has 98 valence electrons. The molecule has 0 bridgehead atoms. The predicted octanol–water partition coefficient (Wildman–Crippen LogP) is 2.26. The number of nitrogens with one attached hydrogen (secondary N) is 1. The van der Waals surface area contributed by atoms with Gasteiger partial charge in [-0.25, -0.2) is 4.98 Å². The molecule has 1 N–H and O–H groups in total. The van der Waals surface area contributed by atoms with E-state index in [-0.39, 0.29) is 0 Å². The van der Waals surface area contributed by atoms with Gasteiger partial charge < -0.3 is 14.6 Å². The van der Waals surface area contributed by atoms with E-state index in [1.165, 1.54) is 24.8 Å². The van der Waals surface area contributed by atoms with Crippen LogP contribution < -0.4 is 5.32 Å². The van der Waals surface area contributed by atoms with Gasteiger partial charge in [0.15, 0.2) is 12.0 Å². The van der Waals surface area contributed by atoms with Crippen molar-refractivity contribution in [3.63, 3.8) is 0 Å². The SMILES string of the molecule is CNCCCCN(C)Cc1ccc2ncoc2c1. The van der Waals surface area contributed by atoms with Gasteiger partial charge in [0, 0.05) is 6.54 Å². The molecule has 0 spiro atoms. The molecule has 0 aliphatic rings. The van der Waals surface area contributed by atoms with Gasteiger partial charge in [-0.2, -0.15) is 0 Å². The van der Waals surface area contributed by atoms with Crippen LogP contribution in [0.25, 0.3) is 11.1 Å². The monoisotopic (exact) mass is 247 g/mol. The maximum Gasteiger partial charge on any atom is 0.181 e. The quantitative estimate of drug-likeness (QED) is 0.762. The molecule has 4 heteroatoms. The highest BCUT2D eigenvalue weighted by Gasteiger charge is 2.03. The zero-order chi connectivity index (χ0) is 12.8. The minimum absolute atomic E-state index is 0.871. The average Bonchev–Trinajstić information content (AvgIpc) is 2.82. The van der Waals surface area contributed by atoms with Gasteiger partial charge in [0.05, 0.1) is 0 Å². The summed E-state index contributed by atoms with van der Waals surface area (Å²) in [5.41, 5.74) is 3.07. The Balaban J connectivity index is 1.84. The number of nitrogens with zero attached hydrogens (tertiary/aromatic N) is 2. The van der Waals surface area contributed by atoms with E-state index in [0.717, 1.165) is 30.7 Å². The van der Waals surface area contributed by atoms with Crippen LogP contribution in [0.15, 0.2) is 29.0 Å². The number of oxazole rings is 1. The molecule has 0 radical (unpaired) electrons. The van der Waals surface area contributed by atoms with Crippen LogP contribution in [0.1, 0.15) is 18.4 Å². The van der Waals surface area contributed by atoms with Crippen molar-refractivity contribution < 1.29 is 4.42 Å². The van der Waals surface area contributed by atoms with E-state index < -0.39 is 0 Å². The van der Waals surface area contributed by atoms with Crippen molar-refractivity contribution in [3.8, 4) is 0 Å². The molecule has 0 unspecified atom stereocenters. The van der Waals surface area contributed by atoms with Gasteiger partial charge in [-0.1, -0.05) is 6.07 Å². The van der Waals surface area contributed by atoms with Gasteiger partial charge in [0.1, 0.15) is 5.52 Å². The summed E-state index contributed by atoms with van der Waals surface area (Å²) in [6, 6.07) is 6.21.